The molecule has 0 saturated heterocycles. The summed E-state index contributed by atoms with van der Waals surface area (Å²) in [5.74, 6) is 1.83. The predicted octanol–water partition coefficient (Wildman–Crippen LogP) is 5.57. The summed E-state index contributed by atoms with van der Waals surface area (Å²) in [5.41, 5.74) is 2.48. The molecule has 27 heavy (non-hydrogen) atoms. The van der Waals surface area contributed by atoms with E-state index in [2.05, 4.69) is 0 Å². The van der Waals surface area contributed by atoms with E-state index in [0.29, 0.717) is 28.2 Å². The first-order chi connectivity index (χ1) is 13.2. The SMILES string of the molecule is COc1ccc2c(=O)c(Oc3ccc(-c4ccccc4)cc3)c(C)oc2c1. The van der Waals surface area contributed by atoms with E-state index in [1.807, 2.05) is 54.6 Å². The van der Waals surface area contributed by atoms with E-state index in [-0.39, 0.29) is 11.2 Å². The minimum atomic E-state index is -0.205. The highest BCUT2D eigenvalue weighted by atomic mass is 16.5. The first kappa shape index (κ1) is 16.9. The van der Waals surface area contributed by atoms with E-state index in [1.165, 1.54) is 0 Å². The molecule has 0 amide bonds. The normalized spacial score (nSPS) is 10.7. The van der Waals surface area contributed by atoms with Crippen molar-refractivity contribution in [1.29, 1.82) is 0 Å². The molecule has 4 aromatic rings. The second kappa shape index (κ2) is 7.00. The molecule has 1 aromatic heterocycles. The molecule has 0 aliphatic heterocycles. The lowest BCUT2D eigenvalue weighted by atomic mass is 10.1. The van der Waals surface area contributed by atoms with Crippen molar-refractivity contribution in [2.45, 2.75) is 6.92 Å². The average molecular weight is 358 g/mol. The van der Waals surface area contributed by atoms with E-state index in [4.69, 9.17) is 13.9 Å². The van der Waals surface area contributed by atoms with Crippen LogP contribution >= 0.6 is 0 Å². The lowest BCUT2D eigenvalue weighted by Gasteiger charge is -2.10. The Morgan fingerprint density at radius 1 is 0.815 bits per heavy atom. The van der Waals surface area contributed by atoms with Crippen LogP contribution in [0.3, 0.4) is 0 Å². The molecular formula is C23H18O4. The fraction of sp³-hybridized carbons (Fsp3) is 0.0870. The molecule has 3 aromatic carbocycles. The summed E-state index contributed by atoms with van der Waals surface area (Å²) >= 11 is 0. The number of methoxy groups -OCH3 is 1. The Kier molecular flexibility index (Phi) is 4.38. The lowest BCUT2D eigenvalue weighted by Crippen LogP contribution is -2.07. The Hall–Kier alpha value is -3.53. The molecule has 0 atom stereocenters. The van der Waals surface area contributed by atoms with Gasteiger partial charge in [-0.05, 0) is 42.3 Å². The number of hydrogen-bond donors (Lipinski definition) is 0. The van der Waals surface area contributed by atoms with Crippen LogP contribution in [0.4, 0.5) is 0 Å². The number of ether oxygens (including phenoxy) is 2. The fourth-order valence-corrected chi connectivity index (χ4v) is 2.98. The first-order valence-corrected chi connectivity index (χ1v) is 8.60. The molecule has 0 N–H and O–H groups in total. The van der Waals surface area contributed by atoms with Crippen LogP contribution in [0.1, 0.15) is 5.76 Å². The van der Waals surface area contributed by atoms with Crippen molar-refractivity contribution in [1.82, 2.24) is 0 Å². The maximum atomic E-state index is 12.8. The van der Waals surface area contributed by atoms with Crippen molar-refractivity contribution in [2.24, 2.45) is 0 Å². The van der Waals surface area contributed by atoms with Crippen LogP contribution in [0.2, 0.25) is 0 Å². The number of hydrogen-bond acceptors (Lipinski definition) is 4. The van der Waals surface area contributed by atoms with Gasteiger partial charge < -0.3 is 13.9 Å². The van der Waals surface area contributed by atoms with Gasteiger partial charge in [-0.1, -0.05) is 42.5 Å². The Bertz CT molecular complexity index is 1140. The monoisotopic (exact) mass is 358 g/mol. The van der Waals surface area contributed by atoms with Crippen molar-refractivity contribution in [2.75, 3.05) is 7.11 Å². The van der Waals surface area contributed by atoms with Gasteiger partial charge in [0.05, 0.1) is 12.5 Å². The summed E-state index contributed by atoms with van der Waals surface area (Å²) in [6.45, 7) is 1.72. The van der Waals surface area contributed by atoms with E-state index in [1.54, 1.807) is 32.2 Å². The van der Waals surface area contributed by atoms with Gasteiger partial charge in [-0.2, -0.15) is 0 Å². The second-order valence-corrected chi connectivity index (χ2v) is 6.17. The zero-order valence-corrected chi connectivity index (χ0v) is 15.1. The minimum absolute atomic E-state index is 0.195. The Morgan fingerprint density at radius 3 is 2.19 bits per heavy atom. The van der Waals surface area contributed by atoms with Gasteiger partial charge in [-0.3, -0.25) is 4.79 Å². The van der Waals surface area contributed by atoms with Crippen LogP contribution in [0.25, 0.3) is 22.1 Å². The third-order valence-electron chi connectivity index (χ3n) is 4.40. The Balaban J connectivity index is 1.68. The van der Waals surface area contributed by atoms with Gasteiger partial charge in [0.1, 0.15) is 22.8 Å². The fourth-order valence-electron chi connectivity index (χ4n) is 2.98. The zero-order chi connectivity index (χ0) is 18.8. The third-order valence-corrected chi connectivity index (χ3v) is 4.40. The number of benzene rings is 3. The van der Waals surface area contributed by atoms with Crippen LogP contribution in [0.15, 0.2) is 82.0 Å². The topological polar surface area (TPSA) is 48.7 Å². The van der Waals surface area contributed by atoms with E-state index < -0.39 is 0 Å². The smallest absolute Gasteiger partial charge is 0.235 e. The van der Waals surface area contributed by atoms with Crippen LogP contribution in [0, 0.1) is 6.92 Å². The molecular weight excluding hydrogens is 340 g/mol. The highest BCUT2D eigenvalue weighted by molar-refractivity contribution is 5.79. The number of aryl methyl sites for hydroxylation is 1. The van der Waals surface area contributed by atoms with Crippen molar-refractivity contribution in [3.8, 4) is 28.4 Å². The van der Waals surface area contributed by atoms with Crippen LogP contribution in [-0.4, -0.2) is 7.11 Å². The van der Waals surface area contributed by atoms with Crippen molar-refractivity contribution in [3.63, 3.8) is 0 Å². The molecule has 4 nitrogen and oxygen atoms in total. The van der Waals surface area contributed by atoms with Crippen molar-refractivity contribution >= 4 is 11.0 Å². The largest absolute Gasteiger partial charge is 0.497 e. The molecule has 0 unspecified atom stereocenters. The van der Waals surface area contributed by atoms with Crippen LogP contribution in [-0.2, 0) is 0 Å². The quantitative estimate of drug-likeness (QED) is 0.478. The average Bonchev–Trinajstić information content (AvgIpc) is 2.72. The second-order valence-electron chi connectivity index (χ2n) is 6.17. The molecule has 134 valence electrons. The molecule has 0 saturated carbocycles. The van der Waals surface area contributed by atoms with E-state index in [0.717, 1.165) is 11.1 Å². The summed E-state index contributed by atoms with van der Waals surface area (Å²) in [4.78, 5) is 12.8. The van der Waals surface area contributed by atoms with E-state index in [9.17, 15) is 4.79 Å². The van der Waals surface area contributed by atoms with Gasteiger partial charge in [0, 0.05) is 6.07 Å². The maximum Gasteiger partial charge on any atom is 0.235 e. The summed E-state index contributed by atoms with van der Waals surface area (Å²) in [7, 11) is 1.57. The van der Waals surface area contributed by atoms with Gasteiger partial charge in [0.25, 0.3) is 0 Å². The van der Waals surface area contributed by atoms with Gasteiger partial charge >= 0.3 is 0 Å². The maximum absolute atomic E-state index is 12.8. The highest BCUT2D eigenvalue weighted by Gasteiger charge is 2.14. The molecule has 0 aliphatic carbocycles. The zero-order valence-electron chi connectivity index (χ0n) is 15.1. The summed E-state index contributed by atoms with van der Waals surface area (Å²) in [6.07, 6.45) is 0. The standard InChI is InChI=1S/C23H18O4/c1-15-23(22(24)20-13-12-19(25-2)14-21(20)26-15)27-18-10-8-17(9-11-18)16-6-4-3-5-7-16/h3-14H,1-2H3. The lowest BCUT2D eigenvalue weighted by molar-refractivity contribution is 0.412. The molecule has 0 aliphatic rings. The summed E-state index contributed by atoms with van der Waals surface area (Å²) < 4.78 is 16.8. The molecule has 4 heteroatoms. The molecule has 0 spiro atoms. The van der Waals surface area contributed by atoms with E-state index >= 15 is 0 Å². The third kappa shape index (κ3) is 3.29. The van der Waals surface area contributed by atoms with Gasteiger partial charge in [-0.25, -0.2) is 0 Å². The van der Waals surface area contributed by atoms with Gasteiger partial charge in [0.2, 0.25) is 11.2 Å². The number of rotatable bonds is 4. The van der Waals surface area contributed by atoms with Crippen LogP contribution < -0.4 is 14.9 Å². The van der Waals surface area contributed by atoms with Gasteiger partial charge in [0.15, 0.2) is 0 Å². The highest BCUT2D eigenvalue weighted by Crippen LogP contribution is 2.28. The van der Waals surface area contributed by atoms with Gasteiger partial charge in [-0.15, -0.1) is 0 Å². The van der Waals surface area contributed by atoms with Crippen molar-refractivity contribution in [3.05, 3.63) is 88.8 Å². The molecule has 4 rings (SSSR count). The number of fused-ring (bicyclic) bond motifs is 1. The Morgan fingerprint density at radius 2 is 1.48 bits per heavy atom. The Labute approximate surface area is 156 Å². The molecule has 0 radical (unpaired) electrons. The summed E-state index contributed by atoms with van der Waals surface area (Å²) in [5, 5.41) is 0.456. The molecule has 0 bridgehead atoms. The van der Waals surface area contributed by atoms with Crippen LogP contribution in [0.5, 0.6) is 17.2 Å². The minimum Gasteiger partial charge on any atom is -0.497 e. The predicted molar refractivity (Wildman–Crippen MR) is 106 cm³/mol. The molecule has 0 fully saturated rings. The first-order valence-electron chi connectivity index (χ1n) is 8.60. The molecule has 1 heterocycles. The van der Waals surface area contributed by atoms with Crippen molar-refractivity contribution < 1.29 is 13.9 Å². The summed E-state index contributed by atoms with van der Waals surface area (Å²) in [6, 6.07) is 22.8.